The molecule has 0 aliphatic rings. The topological polar surface area (TPSA) is 51.0 Å². The highest BCUT2D eigenvalue weighted by Crippen LogP contribution is 2.29. The Kier molecular flexibility index (Phi) is 3.37. The number of nitrogens with zero attached hydrogens (tertiary/aromatic N) is 2. The molecule has 19 heavy (non-hydrogen) atoms. The van der Waals surface area contributed by atoms with E-state index in [2.05, 4.69) is 15.3 Å². The summed E-state index contributed by atoms with van der Waals surface area (Å²) in [4.78, 5) is 8.90. The molecule has 0 aliphatic carbocycles. The first-order chi connectivity index (χ1) is 9.35. The number of fused-ring (bicyclic) bond motifs is 1. The summed E-state index contributed by atoms with van der Waals surface area (Å²) in [5, 5.41) is 4.66. The molecule has 0 fully saturated rings. The lowest BCUT2D eigenvalue weighted by molar-refractivity contribution is 0.489. The second-order valence-corrected chi connectivity index (χ2v) is 4.91. The molecule has 0 bridgehead atoms. The van der Waals surface area contributed by atoms with E-state index >= 15 is 0 Å². The van der Waals surface area contributed by atoms with Crippen molar-refractivity contribution in [3.63, 3.8) is 0 Å². The molecule has 0 spiro atoms. The van der Waals surface area contributed by atoms with Gasteiger partial charge in [-0.05, 0) is 43.0 Å². The Morgan fingerprint density at radius 2 is 2.00 bits per heavy atom. The van der Waals surface area contributed by atoms with E-state index in [1.54, 1.807) is 0 Å². The summed E-state index contributed by atoms with van der Waals surface area (Å²) in [6, 6.07) is 13.6. The van der Waals surface area contributed by atoms with E-state index in [0.29, 0.717) is 5.22 Å². The first-order valence-electron chi connectivity index (χ1n) is 6.09. The average Bonchev–Trinajstić information content (AvgIpc) is 2.81. The Bertz CT molecular complexity index is 663. The van der Waals surface area contributed by atoms with E-state index in [-0.39, 0.29) is 0 Å². The van der Waals surface area contributed by atoms with Crippen molar-refractivity contribution < 1.29 is 4.42 Å². The molecule has 0 amide bonds. The highest BCUT2D eigenvalue weighted by molar-refractivity contribution is 7.99. The van der Waals surface area contributed by atoms with Crippen molar-refractivity contribution in [2.75, 3.05) is 11.9 Å². The SMILES string of the molecule is CCNc1cccc(Sc2nc3ccccc3o2)n1. The van der Waals surface area contributed by atoms with Gasteiger partial charge in [0.15, 0.2) is 5.58 Å². The quantitative estimate of drug-likeness (QED) is 0.782. The minimum absolute atomic E-state index is 0.613. The summed E-state index contributed by atoms with van der Waals surface area (Å²) in [5.41, 5.74) is 1.67. The molecule has 0 saturated heterocycles. The van der Waals surface area contributed by atoms with Crippen molar-refractivity contribution in [3.05, 3.63) is 42.5 Å². The zero-order chi connectivity index (χ0) is 13.1. The Hall–Kier alpha value is -2.01. The summed E-state index contributed by atoms with van der Waals surface area (Å²) in [6.07, 6.45) is 0. The number of aromatic nitrogens is 2. The lowest BCUT2D eigenvalue weighted by Crippen LogP contribution is -1.98. The molecular formula is C14H13N3OS. The van der Waals surface area contributed by atoms with Gasteiger partial charge in [-0.3, -0.25) is 0 Å². The van der Waals surface area contributed by atoms with Gasteiger partial charge < -0.3 is 9.73 Å². The minimum atomic E-state index is 0.613. The van der Waals surface area contributed by atoms with Crippen LogP contribution in [-0.4, -0.2) is 16.5 Å². The number of hydrogen-bond acceptors (Lipinski definition) is 5. The van der Waals surface area contributed by atoms with Crippen LogP contribution in [0.4, 0.5) is 5.82 Å². The van der Waals surface area contributed by atoms with Crippen LogP contribution in [0.25, 0.3) is 11.1 Å². The van der Waals surface area contributed by atoms with E-state index in [1.807, 2.05) is 49.4 Å². The number of oxazole rings is 1. The first kappa shape index (κ1) is 12.0. The number of pyridine rings is 1. The third-order valence-corrected chi connectivity index (χ3v) is 3.33. The number of para-hydroxylation sites is 2. The van der Waals surface area contributed by atoms with Gasteiger partial charge in [-0.15, -0.1) is 0 Å². The fraction of sp³-hybridized carbons (Fsp3) is 0.143. The van der Waals surface area contributed by atoms with Crippen molar-refractivity contribution in [2.24, 2.45) is 0 Å². The highest BCUT2D eigenvalue weighted by Gasteiger charge is 2.08. The molecule has 0 radical (unpaired) electrons. The standard InChI is InChI=1S/C14H13N3OS/c1-2-15-12-8-5-9-13(17-12)19-14-16-10-6-3-4-7-11(10)18-14/h3-9H,2H2,1H3,(H,15,17). The van der Waals surface area contributed by atoms with Gasteiger partial charge in [0.25, 0.3) is 5.22 Å². The number of nitrogens with one attached hydrogen (secondary N) is 1. The summed E-state index contributed by atoms with van der Waals surface area (Å²) < 4.78 is 5.66. The summed E-state index contributed by atoms with van der Waals surface area (Å²) in [6.45, 7) is 2.90. The Morgan fingerprint density at radius 1 is 1.11 bits per heavy atom. The second-order valence-electron chi connectivity index (χ2n) is 3.94. The van der Waals surface area contributed by atoms with E-state index in [1.165, 1.54) is 11.8 Å². The smallest absolute Gasteiger partial charge is 0.263 e. The molecule has 3 rings (SSSR count). The van der Waals surface area contributed by atoms with Gasteiger partial charge in [0.1, 0.15) is 16.4 Å². The van der Waals surface area contributed by atoms with Gasteiger partial charge in [0.2, 0.25) is 0 Å². The van der Waals surface area contributed by atoms with Gasteiger partial charge in [-0.2, -0.15) is 0 Å². The predicted octanol–water partition coefficient (Wildman–Crippen LogP) is 3.81. The van der Waals surface area contributed by atoms with Gasteiger partial charge in [0.05, 0.1) is 0 Å². The minimum Gasteiger partial charge on any atom is -0.431 e. The molecule has 1 aromatic carbocycles. The molecule has 0 saturated carbocycles. The third kappa shape index (κ3) is 2.71. The maximum Gasteiger partial charge on any atom is 0.263 e. The van der Waals surface area contributed by atoms with Crippen molar-refractivity contribution in [3.8, 4) is 0 Å². The zero-order valence-electron chi connectivity index (χ0n) is 10.5. The first-order valence-corrected chi connectivity index (χ1v) is 6.91. The van der Waals surface area contributed by atoms with Crippen molar-refractivity contribution in [2.45, 2.75) is 17.2 Å². The molecule has 2 aromatic heterocycles. The molecule has 5 heteroatoms. The van der Waals surface area contributed by atoms with Crippen molar-refractivity contribution >= 4 is 28.7 Å². The Balaban J connectivity index is 1.85. The predicted molar refractivity (Wildman–Crippen MR) is 76.5 cm³/mol. The lowest BCUT2D eigenvalue weighted by atomic mass is 10.3. The average molecular weight is 271 g/mol. The molecule has 3 aromatic rings. The van der Waals surface area contributed by atoms with Crippen LogP contribution in [0.2, 0.25) is 0 Å². The number of benzene rings is 1. The second kappa shape index (κ2) is 5.32. The normalized spacial score (nSPS) is 10.8. The monoisotopic (exact) mass is 271 g/mol. The van der Waals surface area contributed by atoms with E-state index in [0.717, 1.165) is 28.5 Å². The fourth-order valence-electron chi connectivity index (χ4n) is 1.74. The van der Waals surface area contributed by atoms with Crippen LogP contribution in [0.1, 0.15) is 6.92 Å². The Labute approximate surface area is 115 Å². The van der Waals surface area contributed by atoms with Gasteiger partial charge in [-0.1, -0.05) is 18.2 Å². The van der Waals surface area contributed by atoms with Crippen LogP contribution in [0.3, 0.4) is 0 Å². The summed E-state index contributed by atoms with van der Waals surface area (Å²) in [7, 11) is 0. The number of rotatable bonds is 4. The molecule has 1 N–H and O–H groups in total. The van der Waals surface area contributed by atoms with Crippen LogP contribution in [0.15, 0.2) is 57.1 Å². The van der Waals surface area contributed by atoms with Gasteiger partial charge in [-0.25, -0.2) is 9.97 Å². The summed E-state index contributed by atoms with van der Waals surface area (Å²) >= 11 is 1.42. The van der Waals surface area contributed by atoms with Crippen molar-refractivity contribution in [1.82, 2.24) is 9.97 Å². The van der Waals surface area contributed by atoms with E-state index in [9.17, 15) is 0 Å². The van der Waals surface area contributed by atoms with Crippen LogP contribution in [-0.2, 0) is 0 Å². The van der Waals surface area contributed by atoms with E-state index < -0.39 is 0 Å². The lowest BCUT2D eigenvalue weighted by Gasteiger charge is -2.02. The number of anilines is 1. The zero-order valence-corrected chi connectivity index (χ0v) is 11.3. The molecule has 0 unspecified atom stereocenters. The van der Waals surface area contributed by atoms with Crippen LogP contribution >= 0.6 is 11.8 Å². The molecular weight excluding hydrogens is 258 g/mol. The van der Waals surface area contributed by atoms with Crippen molar-refractivity contribution in [1.29, 1.82) is 0 Å². The van der Waals surface area contributed by atoms with Gasteiger partial charge >= 0.3 is 0 Å². The van der Waals surface area contributed by atoms with Crippen LogP contribution in [0.5, 0.6) is 0 Å². The number of hydrogen-bond donors (Lipinski definition) is 1. The largest absolute Gasteiger partial charge is 0.431 e. The molecule has 0 atom stereocenters. The molecule has 96 valence electrons. The summed E-state index contributed by atoms with van der Waals surface area (Å²) in [5.74, 6) is 0.864. The molecule has 0 aliphatic heterocycles. The van der Waals surface area contributed by atoms with Crippen LogP contribution in [0, 0.1) is 0 Å². The third-order valence-electron chi connectivity index (χ3n) is 2.55. The molecule has 4 nitrogen and oxygen atoms in total. The van der Waals surface area contributed by atoms with Crippen LogP contribution < -0.4 is 5.32 Å². The maximum absolute atomic E-state index is 5.66. The van der Waals surface area contributed by atoms with Gasteiger partial charge in [0, 0.05) is 6.54 Å². The molecule has 2 heterocycles. The fourth-order valence-corrected chi connectivity index (χ4v) is 2.48. The maximum atomic E-state index is 5.66. The Morgan fingerprint density at radius 3 is 2.84 bits per heavy atom. The van der Waals surface area contributed by atoms with E-state index in [4.69, 9.17) is 4.42 Å². The highest BCUT2D eigenvalue weighted by atomic mass is 32.2.